The molecule has 0 aliphatic rings. The van der Waals surface area contributed by atoms with Gasteiger partial charge in [0.25, 0.3) is 0 Å². The van der Waals surface area contributed by atoms with Crippen molar-refractivity contribution in [1.82, 2.24) is 9.78 Å². The molecule has 0 atom stereocenters. The number of nitrogens with zero attached hydrogens (tertiary/aromatic N) is 2. The van der Waals surface area contributed by atoms with Gasteiger partial charge in [0.15, 0.2) is 27.2 Å². The molecule has 2 rings (SSSR count). The Morgan fingerprint density at radius 2 is 1.82 bits per heavy atom. The summed E-state index contributed by atoms with van der Waals surface area (Å²) >= 11 is 0. The van der Waals surface area contributed by atoms with Crippen molar-refractivity contribution >= 4 is 15.8 Å². The quantitative estimate of drug-likeness (QED) is 0.861. The Bertz CT molecular complexity index is 890. The van der Waals surface area contributed by atoms with Crippen LogP contribution in [0, 0.1) is 17.5 Å². The van der Waals surface area contributed by atoms with E-state index in [1.165, 1.54) is 7.05 Å². The van der Waals surface area contributed by atoms with Crippen LogP contribution in [0.3, 0.4) is 0 Å². The highest BCUT2D eigenvalue weighted by Crippen LogP contribution is 2.30. The normalized spacial score (nSPS) is 11.7. The Labute approximate surface area is 122 Å². The molecule has 10 heteroatoms. The van der Waals surface area contributed by atoms with E-state index in [2.05, 4.69) is 5.10 Å². The molecule has 1 heterocycles. The van der Waals surface area contributed by atoms with Crippen LogP contribution in [0.15, 0.2) is 17.0 Å². The lowest BCUT2D eigenvalue weighted by molar-refractivity contribution is 0.0689. The zero-order valence-corrected chi connectivity index (χ0v) is 12.1. The summed E-state index contributed by atoms with van der Waals surface area (Å²) in [5, 5.41) is 12.3. The smallest absolute Gasteiger partial charge is 0.356 e. The van der Waals surface area contributed by atoms with Gasteiger partial charge in [0.2, 0.25) is 0 Å². The van der Waals surface area contributed by atoms with E-state index in [4.69, 9.17) is 5.11 Å². The Hall–Kier alpha value is -2.36. The van der Waals surface area contributed by atoms with Crippen LogP contribution in [0.25, 0.3) is 11.3 Å². The standard InChI is InChI=1S/C12H9F3N2O4S/c1-17-8(4-7(16-17)12(18)19)5-3-6(13)11(22(2,20)21)10(15)9(5)14/h3-4H,1-2H3,(H,18,19). The predicted molar refractivity (Wildman–Crippen MR) is 68.6 cm³/mol. The number of aromatic nitrogens is 2. The van der Waals surface area contributed by atoms with Gasteiger partial charge >= 0.3 is 5.97 Å². The van der Waals surface area contributed by atoms with Gasteiger partial charge in [-0.3, -0.25) is 4.68 Å². The number of rotatable bonds is 3. The number of carbonyl (C=O) groups is 1. The first-order valence-corrected chi connectivity index (χ1v) is 7.58. The van der Waals surface area contributed by atoms with Gasteiger partial charge in [-0.2, -0.15) is 5.10 Å². The first kappa shape index (κ1) is 16.0. The SMILES string of the molecule is Cn1nc(C(=O)O)cc1-c1cc(F)c(S(C)(=O)=O)c(F)c1F. The Kier molecular flexibility index (Phi) is 3.73. The number of carboxylic acid groups (broad SMARTS) is 1. The molecule has 1 N–H and O–H groups in total. The van der Waals surface area contributed by atoms with Crippen LogP contribution in [0.4, 0.5) is 13.2 Å². The highest BCUT2D eigenvalue weighted by Gasteiger charge is 2.27. The van der Waals surface area contributed by atoms with E-state index in [1.54, 1.807) is 0 Å². The number of aromatic carboxylic acids is 1. The molecule has 118 valence electrons. The monoisotopic (exact) mass is 334 g/mol. The molecule has 0 amide bonds. The second kappa shape index (κ2) is 5.13. The molecule has 0 saturated carbocycles. The minimum absolute atomic E-state index is 0.215. The average Bonchev–Trinajstić information content (AvgIpc) is 2.74. The second-order valence-corrected chi connectivity index (χ2v) is 6.43. The first-order chi connectivity index (χ1) is 10.0. The number of benzene rings is 1. The van der Waals surface area contributed by atoms with Crippen LogP contribution < -0.4 is 0 Å². The van der Waals surface area contributed by atoms with Crippen molar-refractivity contribution in [1.29, 1.82) is 0 Å². The summed E-state index contributed by atoms with van der Waals surface area (Å²) in [7, 11) is -3.06. The lowest BCUT2D eigenvalue weighted by Gasteiger charge is -2.09. The van der Waals surface area contributed by atoms with Crippen LogP contribution in [0.5, 0.6) is 0 Å². The van der Waals surface area contributed by atoms with Gasteiger partial charge in [-0.05, 0) is 12.1 Å². The third kappa shape index (κ3) is 2.56. The second-order valence-electron chi connectivity index (χ2n) is 4.48. The van der Waals surface area contributed by atoms with Crippen molar-refractivity contribution in [3.05, 3.63) is 35.3 Å². The van der Waals surface area contributed by atoms with Gasteiger partial charge in [-0.15, -0.1) is 0 Å². The number of hydrogen-bond acceptors (Lipinski definition) is 4. The highest BCUT2D eigenvalue weighted by molar-refractivity contribution is 7.90. The van der Waals surface area contributed by atoms with Crippen molar-refractivity contribution in [3.63, 3.8) is 0 Å². The van der Waals surface area contributed by atoms with Crippen LogP contribution in [-0.4, -0.2) is 35.5 Å². The average molecular weight is 334 g/mol. The first-order valence-electron chi connectivity index (χ1n) is 5.69. The number of sulfone groups is 1. The Morgan fingerprint density at radius 1 is 1.23 bits per heavy atom. The zero-order valence-electron chi connectivity index (χ0n) is 11.3. The maximum atomic E-state index is 14.1. The molecule has 0 aliphatic heterocycles. The third-order valence-electron chi connectivity index (χ3n) is 2.86. The summed E-state index contributed by atoms with van der Waals surface area (Å²) in [6, 6.07) is 1.40. The van der Waals surface area contributed by atoms with Gasteiger partial charge < -0.3 is 5.11 Å². The molecule has 0 aliphatic carbocycles. The molecule has 1 aromatic carbocycles. The summed E-state index contributed by atoms with van der Waals surface area (Å²) < 4.78 is 65.3. The summed E-state index contributed by atoms with van der Waals surface area (Å²) in [6.45, 7) is 0. The molecule has 0 radical (unpaired) electrons. The lowest BCUT2D eigenvalue weighted by Crippen LogP contribution is -2.08. The third-order valence-corrected chi connectivity index (χ3v) is 3.98. The summed E-state index contributed by atoms with van der Waals surface area (Å²) in [5.74, 6) is -6.36. The molecule has 22 heavy (non-hydrogen) atoms. The van der Waals surface area contributed by atoms with Gasteiger partial charge in [0.05, 0.1) is 5.69 Å². The number of aryl methyl sites for hydroxylation is 1. The summed E-state index contributed by atoms with van der Waals surface area (Å²) in [5.41, 5.74) is -1.30. The van der Waals surface area contributed by atoms with E-state index in [1.807, 2.05) is 0 Å². The summed E-state index contributed by atoms with van der Waals surface area (Å²) in [4.78, 5) is 9.42. The minimum atomic E-state index is -4.31. The van der Waals surface area contributed by atoms with Gasteiger partial charge in [0, 0.05) is 18.9 Å². The maximum Gasteiger partial charge on any atom is 0.356 e. The molecule has 0 spiro atoms. The van der Waals surface area contributed by atoms with E-state index in [0.29, 0.717) is 12.3 Å². The van der Waals surface area contributed by atoms with E-state index in [9.17, 15) is 26.4 Å². The highest BCUT2D eigenvalue weighted by atomic mass is 32.2. The van der Waals surface area contributed by atoms with Gasteiger partial charge in [0.1, 0.15) is 10.7 Å². The molecule has 0 saturated heterocycles. The van der Waals surface area contributed by atoms with Crippen molar-refractivity contribution in [2.24, 2.45) is 7.05 Å². The number of carboxylic acids is 1. The van der Waals surface area contributed by atoms with Gasteiger partial charge in [-0.1, -0.05) is 0 Å². The topological polar surface area (TPSA) is 89.3 Å². The molecule has 0 bridgehead atoms. The maximum absolute atomic E-state index is 14.1. The molecule has 1 aromatic heterocycles. The van der Waals surface area contributed by atoms with Crippen LogP contribution in [-0.2, 0) is 16.9 Å². The number of hydrogen-bond donors (Lipinski definition) is 1. The Morgan fingerprint density at radius 3 is 2.27 bits per heavy atom. The van der Waals surface area contributed by atoms with E-state index < -0.39 is 49.4 Å². The molecule has 6 nitrogen and oxygen atoms in total. The van der Waals surface area contributed by atoms with E-state index >= 15 is 0 Å². The fourth-order valence-corrected chi connectivity index (χ4v) is 2.76. The predicted octanol–water partition coefficient (Wildman–Crippen LogP) is 1.61. The van der Waals surface area contributed by atoms with Crippen LogP contribution in [0.1, 0.15) is 10.5 Å². The van der Waals surface area contributed by atoms with Crippen molar-refractivity contribution in [2.45, 2.75) is 4.90 Å². The molecular weight excluding hydrogens is 325 g/mol. The van der Waals surface area contributed by atoms with E-state index in [0.717, 1.165) is 10.7 Å². The van der Waals surface area contributed by atoms with E-state index in [-0.39, 0.29) is 5.69 Å². The molecule has 0 fully saturated rings. The van der Waals surface area contributed by atoms with Crippen molar-refractivity contribution < 1.29 is 31.5 Å². The minimum Gasteiger partial charge on any atom is -0.476 e. The van der Waals surface area contributed by atoms with Crippen LogP contribution in [0.2, 0.25) is 0 Å². The lowest BCUT2D eigenvalue weighted by atomic mass is 10.1. The zero-order chi connectivity index (χ0) is 16.8. The molecular formula is C12H9F3N2O4S. The molecule has 2 aromatic rings. The van der Waals surface area contributed by atoms with Crippen LogP contribution >= 0.6 is 0 Å². The number of halogens is 3. The fraction of sp³-hybridized carbons (Fsp3) is 0.167. The Balaban J connectivity index is 2.77. The molecule has 0 unspecified atom stereocenters. The largest absolute Gasteiger partial charge is 0.476 e. The van der Waals surface area contributed by atoms with Crippen molar-refractivity contribution in [2.75, 3.05) is 6.26 Å². The van der Waals surface area contributed by atoms with Gasteiger partial charge in [-0.25, -0.2) is 26.4 Å². The van der Waals surface area contributed by atoms with Crippen molar-refractivity contribution in [3.8, 4) is 11.3 Å². The fourth-order valence-electron chi connectivity index (χ4n) is 1.93. The summed E-state index contributed by atoms with van der Waals surface area (Å²) in [6.07, 6.45) is 0.542.